The summed E-state index contributed by atoms with van der Waals surface area (Å²) in [5, 5.41) is 11.7. The lowest BCUT2D eigenvalue weighted by molar-refractivity contribution is -0.0191. The van der Waals surface area contributed by atoms with E-state index in [1.54, 1.807) is 0 Å². The molecule has 0 aromatic heterocycles. The number of phenols is 1. The van der Waals surface area contributed by atoms with Crippen LogP contribution in [0.4, 0.5) is 0 Å². The first-order valence-electron chi connectivity index (χ1n) is 27.2. The predicted molar refractivity (Wildman–Crippen MR) is 313 cm³/mol. The largest absolute Gasteiger partial charge is 0.502 e. The molecule has 410 valence electrons. The number of benzene rings is 10. The van der Waals surface area contributed by atoms with Crippen LogP contribution in [0.15, 0.2) is 249 Å². The maximum absolute atomic E-state index is 15.2. The summed E-state index contributed by atoms with van der Waals surface area (Å²) in [6, 6.07) is 78.9. The van der Waals surface area contributed by atoms with E-state index in [0.717, 1.165) is 38.9 Å². The minimum atomic E-state index is -1.02. The first kappa shape index (κ1) is 53.9. The van der Waals surface area contributed by atoms with Crippen LogP contribution >= 0.6 is 0 Å². The van der Waals surface area contributed by atoms with E-state index < -0.39 is 18.2 Å². The highest BCUT2D eigenvalue weighted by atomic mass is 16.6. The summed E-state index contributed by atoms with van der Waals surface area (Å²) in [5.74, 6) is 1.69. The second-order valence-corrected chi connectivity index (χ2v) is 19.7. The van der Waals surface area contributed by atoms with Gasteiger partial charge in [0.05, 0.1) is 5.56 Å². The molecule has 1 aliphatic heterocycles. The van der Waals surface area contributed by atoms with Gasteiger partial charge in [-0.1, -0.05) is 212 Å². The van der Waals surface area contributed by atoms with Gasteiger partial charge in [0.15, 0.2) is 29.1 Å². The van der Waals surface area contributed by atoms with Gasteiger partial charge in [-0.25, -0.2) is 4.79 Å². The molecule has 11 nitrogen and oxygen atoms in total. The van der Waals surface area contributed by atoms with Crippen molar-refractivity contribution >= 4 is 5.97 Å². The van der Waals surface area contributed by atoms with E-state index in [-0.39, 0.29) is 75.5 Å². The molecule has 11 rings (SSSR count). The van der Waals surface area contributed by atoms with Crippen LogP contribution in [0.25, 0.3) is 0 Å². The van der Waals surface area contributed by atoms with E-state index >= 15 is 4.79 Å². The van der Waals surface area contributed by atoms with Crippen LogP contribution in [-0.2, 0) is 57.4 Å². The van der Waals surface area contributed by atoms with Crippen LogP contribution in [-0.4, -0.2) is 17.2 Å². The average molecular weight is 1090 g/mol. The molecular weight excluding hydrogens is 1030 g/mol. The van der Waals surface area contributed by atoms with Crippen molar-refractivity contribution in [2.24, 2.45) is 0 Å². The van der Waals surface area contributed by atoms with Gasteiger partial charge in [-0.05, 0) is 63.2 Å². The van der Waals surface area contributed by atoms with Crippen molar-refractivity contribution < 1.29 is 52.5 Å². The number of rotatable bonds is 24. The van der Waals surface area contributed by atoms with E-state index in [2.05, 4.69) is 0 Å². The highest BCUT2D eigenvalue weighted by molar-refractivity contribution is 5.91. The Kier molecular flexibility index (Phi) is 17.5. The predicted octanol–water partition coefficient (Wildman–Crippen LogP) is 15.3. The lowest BCUT2D eigenvalue weighted by Crippen LogP contribution is -2.35. The standard InChI is InChI=1S/C71H60O11/c72-68-63(76-45-52-26-12-3-13-27-52)38-58(39-64(68)77-46-53-28-14-4-15-29-53)71(73)82-67-42-60-61(75-44-51-24-10-2-11-25-51)40-59(74-43-50-22-8-1-9-23-50)41-62(60)81-69(67)57-36-65(78-47-54-30-16-5-17-31-54)70(80-49-56-34-20-7-21-35-56)66(37-57)79-48-55-32-18-6-19-33-55/h1-41,67,69,72H,42-49H2/t67-,69-/m1/s1. The first-order chi connectivity index (χ1) is 40.4. The van der Waals surface area contributed by atoms with E-state index in [9.17, 15) is 5.11 Å². The van der Waals surface area contributed by atoms with Crippen LogP contribution in [0.3, 0.4) is 0 Å². The van der Waals surface area contributed by atoms with Gasteiger partial charge in [0.1, 0.15) is 69.6 Å². The Morgan fingerprint density at radius 1 is 0.390 bits per heavy atom. The minimum absolute atomic E-state index is 0.0364. The quantitative estimate of drug-likeness (QED) is 0.0582. The van der Waals surface area contributed by atoms with Crippen LogP contribution in [0.2, 0.25) is 0 Å². The molecule has 0 saturated carbocycles. The molecule has 0 bridgehead atoms. The van der Waals surface area contributed by atoms with Crippen LogP contribution < -0.4 is 37.9 Å². The summed E-state index contributed by atoms with van der Waals surface area (Å²) in [6.45, 7) is 1.36. The second kappa shape index (κ2) is 26.7. The van der Waals surface area contributed by atoms with E-state index in [0.29, 0.717) is 45.6 Å². The van der Waals surface area contributed by atoms with Crippen molar-refractivity contribution in [2.45, 2.75) is 64.9 Å². The molecule has 11 heteroatoms. The number of phenolic OH excluding ortho intramolecular Hbond substituents is 1. The maximum Gasteiger partial charge on any atom is 0.338 e. The molecule has 0 saturated heterocycles. The molecule has 1 N–H and O–H groups in total. The van der Waals surface area contributed by atoms with Crippen LogP contribution in [0, 0.1) is 0 Å². The van der Waals surface area contributed by atoms with Crippen molar-refractivity contribution in [3.8, 4) is 51.7 Å². The van der Waals surface area contributed by atoms with Crippen LogP contribution in [0.1, 0.15) is 66.5 Å². The molecule has 0 unspecified atom stereocenters. The molecule has 1 heterocycles. The molecule has 0 aliphatic carbocycles. The Balaban J connectivity index is 1.02. The number of carbonyl (C=O) groups excluding carboxylic acids is 1. The highest BCUT2D eigenvalue weighted by Crippen LogP contribution is 2.48. The number of esters is 1. The van der Waals surface area contributed by atoms with Crippen LogP contribution in [0.5, 0.6) is 51.7 Å². The lowest BCUT2D eigenvalue weighted by Gasteiger charge is -2.35. The second-order valence-electron chi connectivity index (χ2n) is 19.7. The Bertz CT molecular complexity index is 3510. The Labute approximate surface area is 477 Å². The molecule has 10 aromatic carbocycles. The van der Waals surface area contributed by atoms with Gasteiger partial charge in [0.25, 0.3) is 0 Å². The molecule has 0 amide bonds. The molecule has 82 heavy (non-hydrogen) atoms. The number of carbonyl (C=O) groups is 1. The zero-order valence-electron chi connectivity index (χ0n) is 45.0. The SMILES string of the molecule is O=C(O[C@@H]1Cc2c(OCc3ccccc3)cc(OCc3ccccc3)cc2O[C@@H]1c1cc(OCc2ccccc2)c(OCc2ccccc2)c(OCc2ccccc2)c1)c1cc(OCc2ccccc2)c(O)c(OCc2ccccc2)c1. The molecule has 0 fully saturated rings. The van der Waals surface area contributed by atoms with Gasteiger partial charge in [-0.3, -0.25) is 0 Å². The number of aromatic hydroxyl groups is 1. The Hall–Kier alpha value is -10.1. The first-order valence-corrected chi connectivity index (χ1v) is 27.2. The van der Waals surface area contributed by atoms with Gasteiger partial charge in [0.2, 0.25) is 11.5 Å². The molecule has 1 aliphatic rings. The monoisotopic (exact) mass is 1090 g/mol. The van der Waals surface area contributed by atoms with Gasteiger partial charge in [-0.2, -0.15) is 0 Å². The van der Waals surface area contributed by atoms with Crippen molar-refractivity contribution in [3.05, 3.63) is 304 Å². The van der Waals surface area contributed by atoms with Gasteiger partial charge < -0.3 is 47.7 Å². The van der Waals surface area contributed by atoms with E-state index in [1.807, 2.05) is 237 Å². The number of ether oxygens (including phenoxy) is 9. The summed E-state index contributed by atoms with van der Waals surface area (Å²) >= 11 is 0. The zero-order valence-corrected chi connectivity index (χ0v) is 45.0. The van der Waals surface area contributed by atoms with Gasteiger partial charge >= 0.3 is 5.97 Å². The number of fused-ring (bicyclic) bond motifs is 1. The summed E-state index contributed by atoms with van der Waals surface area (Å²) < 4.78 is 59.9. The fraction of sp³-hybridized carbons (Fsp3) is 0.141. The minimum Gasteiger partial charge on any atom is -0.502 e. The van der Waals surface area contributed by atoms with Gasteiger partial charge in [0, 0.05) is 29.7 Å². The average Bonchev–Trinajstić information content (AvgIpc) is 3.72. The molecule has 2 atom stereocenters. The Morgan fingerprint density at radius 2 is 0.732 bits per heavy atom. The summed E-state index contributed by atoms with van der Waals surface area (Å²) in [6.07, 6.45) is -1.89. The topological polar surface area (TPSA) is 120 Å². The van der Waals surface area contributed by atoms with Crippen molar-refractivity contribution in [1.29, 1.82) is 0 Å². The van der Waals surface area contributed by atoms with Crippen molar-refractivity contribution in [2.75, 3.05) is 0 Å². The third-order valence-corrected chi connectivity index (χ3v) is 13.7. The van der Waals surface area contributed by atoms with E-state index in [4.69, 9.17) is 42.6 Å². The fourth-order valence-corrected chi connectivity index (χ4v) is 9.41. The summed E-state index contributed by atoms with van der Waals surface area (Å²) in [4.78, 5) is 15.2. The van der Waals surface area contributed by atoms with Crippen molar-refractivity contribution in [3.63, 3.8) is 0 Å². The normalized spacial score (nSPS) is 13.4. The fourth-order valence-electron chi connectivity index (χ4n) is 9.41. The molecule has 0 spiro atoms. The lowest BCUT2D eigenvalue weighted by atomic mass is 9.93. The molecule has 0 radical (unpaired) electrons. The number of hydrogen-bond donors (Lipinski definition) is 1. The van der Waals surface area contributed by atoms with E-state index in [1.165, 1.54) is 12.1 Å². The maximum atomic E-state index is 15.2. The van der Waals surface area contributed by atoms with Gasteiger partial charge in [-0.15, -0.1) is 0 Å². The number of hydrogen-bond acceptors (Lipinski definition) is 11. The zero-order chi connectivity index (χ0) is 55.7. The summed E-state index contributed by atoms with van der Waals surface area (Å²) in [7, 11) is 0. The summed E-state index contributed by atoms with van der Waals surface area (Å²) in [5.41, 5.74) is 7.75. The third kappa shape index (κ3) is 14.2. The highest BCUT2D eigenvalue weighted by Gasteiger charge is 2.39. The Morgan fingerprint density at radius 3 is 1.12 bits per heavy atom. The third-order valence-electron chi connectivity index (χ3n) is 13.7. The molecular formula is C71H60O11. The smallest absolute Gasteiger partial charge is 0.338 e. The molecule has 10 aromatic rings. The van der Waals surface area contributed by atoms with Crippen molar-refractivity contribution in [1.82, 2.24) is 0 Å².